The second-order valence-electron chi connectivity index (χ2n) is 3.32. The van der Waals surface area contributed by atoms with Gasteiger partial charge in [-0.2, -0.15) is 0 Å². The number of hydrogen-bond donors (Lipinski definition) is 1. The number of hydrazine groups is 1. The summed E-state index contributed by atoms with van der Waals surface area (Å²) in [7, 11) is 0. The Balaban J connectivity index is 2.34. The van der Waals surface area contributed by atoms with Crippen LogP contribution < -0.4 is 5.43 Å². The smallest absolute Gasteiger partial charge is 0.250 e. The molecule has 0 bridgehead atoms. The van der Waals surface area contributed by atoms with Gasteiger partial charge in [-0.3, -0.25) is 15.1 Å². The summed E-state index contributed by atoms with van der Waals surface area (Å²) in [6.45, 7) is 5.05. The number of rotatable bonds is 5. The summed E-state index contributed by atoms with van der Waals surface area (Å²) in [5.41, 5.74) is 2.73. The molecule has 18 heavy (non-hydrogen) atoms. The molecule has 104 valence electrons. The van der Waals surface area contributed by atoms with Gasteiger partial charge >= 0.3 is 0 Å². The number of halogens is 3. The maximum atomic E-state index is 11.7. The molecule has 1 heterocycles. The third-order valence-electron chi connectivity index (χ3n) is 2.18. The first-order valence-corrected chi connectivity index (χ1v) is 7.21. The minimum atomic E-state index is -1.50. The van der Waals surface area contributed by atoms with Gasteiger partial charge < -0.3 is 4.90 Å². The predicted octanol–water partition coefficient (Wildman–Crippen LogP) is 2.47. The molecule has 9 heteroatoms. The first kappa shape index (κ1) is 16.2. The minimum Gasteiger partial charge on any atom is -0.341 e. The lowest BCUT2D eigenvalue weighted by Crippen LogP contribution is -2.36. The molecule has 1 aliphatic rings. The summed E-state index contributed by atoms with van der Waals surface area (Å²) < 4.78 is -0.225. The van der Waals surface area contributed by atoms with E-state index in [9.17, 15) is 4.79 Å². The molecule has 0 saturated carbocycles. The Morgan fingerprint density at radius 2 is 2.11 bits per heavy atom. The van der Waals surface area contributed by atoms with Crippen LogP contribution in [0.25, 0.3) is 0 Å². The van der Waals surface area contributed by atoms with E-state index in [0.29, 0.717) is 18.0 Å². The summed E-state index contributed by atoms with van der Waals surface area (Å²) >= 11 is 18.2. The van der Waals surface area contributed by atoms with Gasteiger partial charge in [0.05, 0.1) is 4.91 Å². The van der Waals surface area contributed by atoms with Gasteiger partial charge in [0.2, 0.25) is 3.79 Å². The highest BCUT2D eigenvalue weighted by Crippen LogP contribution is 2.43. The Hall–Kier alpha value is 0.150. The number of nitrogens with zero attached hydrogens (tertiary/aromatic N) is 2. The van der Waals surface area contributed by atoms with Crippen molar-refractivity contribution in [2.45, 2.75) is 17.6 Å². The lowest BCUT2D eigenvalue weighted by Gasteiger charge is -2.20. The zero-order chi connectivity index (χ0) is 13.8. The van der Waals surface area contributed by atoms with Gasteiger partial charge in [-0.1, -0.05) is 34.8 Å². The van der Waals surface area contributed by atoms with Crippen molar-refractivity contribution in [2.24, 2.45) is 0 Å². The molecule has 5 nitrogen and oxygen atoms in total. The molecule has 1 N–H and O–H groups in total. The van der Waals surface area contributed by atoms with Gasteiger partial charge in [0.15, 0.2) is 6.61 Å². The van der Waals surface area contributed by atoms with Gasteiger partial charge in [-0.05, 0) is 18.4 Å². The zero-order valence-corrected chi connectivity index (χ0v) is 13.0. The standard InChI is InChI=1S/C9H14Cl3N3O2S/c1-3-14(4-2)8(16)6-17-15-13-5-7(18-15)9(10,11)12/h5,13H,3-4,6H2,1-2H3. The molecule has 1 aliphatic heterocycles. The summed E-state index contributed by atoms with van der Waals surface area (Å²) in [6, 6.07) is 0. The Labute approximate surface area is 125 Å². The Kier molecular flexibility index (Phi) is 6.37. The first-order valence-electron chi connectivity index (χ1n) is 5.30. The molecule has 0 atom stereocenters. The molecule has 0 aromatic heterocycles. The highest BCUT2D eigenvalue weighted by Gasteiger charge is 2.33. The van der Waals surface area contributed by atoms with E-state index in [-0.39, 0.29) is 12.5 Å². The van der Waals surface area contributed by atoms with Crippen molar-refractivity contribution < 1.29 is 9.63 Å². The van der Waals surface area contributed by atoms with Gasteiger partial charge in [0.25, 0.3) is 5.91 Å². The lowest BCUT2D eigenvalue weighted by molar-refractivity contribution is -0.152. The van der Waals surface area contributed by atoms with Crippen LogP contribution >= 0.6 is 46.8 Å². The largest absolute Gasteiger partial charge is 0.341 e. The average Bonchev–Trinajstić information content (AvgIpc) is 2.76. The molecule has 0 aromatic rings. The number of nitrogens with one attached hydrogen (secondary N) is 1. The van der Waals surface area contributed by atoms with E-state index in [2.05, 4.69) is 5.43 Å². The summed E-state index contributed by atoms with van der Waals surface area (Å²) in [6.07, 6.45) is 1.51. The van der Waals surface area contributed by atoms with Crippen LogP contribution in [0.15, 0.2) is 11.1 Å². The van der Waals surface area contributed by atoms with Gasteiger partial charge in [-0.15, -0.1) is 0 Å². The van der Waals surface area contributed by atoms with Gasteiger partial charge in [-0.25, -0.2) is 0 Å². The van der Waals surface area contributed by atoms with Crippen LogP contribution in [-0.4, -0.2) is 38.9 Å². The second-order valence-corrected chi connectivity index (χ2v) is 6.56. The highest BCUT2D eigenvalue weighted by molar-refractivity contribution is 8.01. The molecular formula is C9H14Cl3N3O2S. The number of amides is 1. The number of allylic oxidation sites excluding steroid dienone is 1. The van der Waals surface area contributed by atoms with Crippen molar-refractivity contribution in [2.75, 3.05) is 19.7 Å². The number of carbonyl (C=O) groups is 1. The van der Waals surface area contributed by atoms with Crippen molar-refractivity contribution in [3.8, 4) is 0 Å². The topological polar surface area (TPSA) is 44.8 Å². The molecule has 0 aromatic carbocycles. The number of carbonyl (C=O) groups excluding carboxylic acids is 1. The SMILES string of the molecule is CCN(CC)C(=O)CON1NC=C(C(Cl)(Cl)Cl)S1. The number of likely N-dealkylation sites (N-methyl/N-ethyl adjacent to an activating group) is 1. The van der Waals surface area contributed by atoms with Crippen LogP contribution in [0, 0.1) is 0 Å². The third-order valence-corrected chi connectivity index (χ3v) is 4.13. The number of alkyl halides is 3. The second kappa shape index (κ2) is 7.07. The van der Waals surface area contributed by atoms with Crippen LogP contribution in [0.2, 0.25) is 0 Å². The quantitative estimate of drug-likeness (QED) is 0.618. The van der Waals surface area contributed by atoms with E-state index < -0.39 is 3.79 Å². The van der Waals surface area contributed by atoms with Gasteiger partial charge in [0, 0.05) is 31.2 Å². The Morgan fingerprint density at radius 3 is 2.56 bits per heavy atom. The fourth-order valence-electron chi connectivity index (χ4n) is 1.23. The van der Waals surface area contributed by atoms with E-state index in [1.807, 2.05) is 13.8 Å². The van der Waals surface area contributed by atoms with E-state index >= 15 is 0 Å². The molecule has 0 spiro atoms. The van der Waals surface area contributed by atoms with Crippen molar-refractivity contribution in [1.29, 1.82) is 0 Å². The maximum Gasteiger partial charge on any atom is 0.250 e. The molecule has 0 unspecified atom stereocenters. The average molecular weight is 335 g/mol. The van der Waals surface area contributed by atoms with Crippen molar-refractivity contribution in [3.05, 3.63) is 11.1 Å². The fourth-order valence-corrected chi connectivity index (χ4v) is 2.30. The lowest BCUT2D eigenvalue weighted by atomic mass is 10.5. The van der Waals surface area contributed by atoms with Gasteiger partial charge in [0.1, 0.15) is 0 Å². The van der Waals surface area contributed by atoms with Crippen LogP contribution in [0.5, 0.6) is 0 Å². The van der Waals surface area contributed by atoms with E-state index in [1.165, 1.54) is 10.8 Å². The first-order chi connectivity index (χ1) is 8.38. The zero-order valence-electron chi connectivity index (χ0n) is 9.95. The summed E-state index contributed by atoms with van der Waals surface area (Å²) in [4.78, 5) is 19.1. The van der Waals surface area contributed by atoms with Crippen LogP contribution in [0.4, 0.5) is 0 Å². The summed E-state index contributed by atoms with van der Waals surface area (Å²) in [5.74, 6) is -0.0928. The molecule has 1 rings (SSSR count). The fraction of sp³-hybridized carbons (Fsp3) is 0.667. The molecular weight excluding hydrogens is 321 g/mol. The molecule has 0 aliphatic carbocycles. The van der Waals surface area contributed by atoms with E-state index in [1.54, 1.807) is 4.90 Å². The Morgan fingerprint density at radius 1 is 1.50 bits per heavy atom. The van der Waals surface area contributed by atoms with Crippen molar-refractivity contribution >= 4 is 52.7 Å². The third kappa shape index (κ3) is 4.68. The highest BCUT2D eigenvalue weighted by atomic mass is 35.6. The summed E-state index contributed by atoms with van der Waals surface area (Å²) in [5, 5.41) is 0. The van der Waals surface area contributed by atoms with Crippen molar-refractivity contribution in [3.63, 3.8) is 0 Å². The monoisotopic (exact) mass is 333 g/mol. The van der Waals surface area contributed by atoms with Crippen LogP contribution in [0.1, 0.15) is 13.8 Å². The molecule has 1 amide bonds. The Bertz CT molecular complexity index is 332. The molecule has 0 radical (unpaired) electrons. The van der Waals surface area contributed by atoms with E-state index in [0.717, 1.165) is 11.9 Å². The predicted molar refractivity (Wildman–Crippen MR) is 74.8 cm³/mol. The van der Waals surface area contributed by atoms with E-state index in [4.69, 9.17) is 39.6 Å². The minimum absolute atomic E-state index is 0.0668. The molecule has 0 saturated heterocycles. The van der Waals surface area contributed by atoms with Crippen LogP contribution in [0.3, 0.4) is 0 Å². The normalized spacial score (nSPS) is 16.4. The van der Waals surface area contributed by atoms with Crippen LogP contribution in [-0.2, 0) is 9.63 Å². The number of hydrogen-bond acceptors (Lipinski definition) is 5. The molecule has 0 fully saturated rings. The maximum absolute atomic E-state index is 11.7. The van der Waals surface area contributed by atoms with Crippen molar-refractivity contribution in [1.82, 2.24) is 14.9 Å².